The van der Waals surface area contributed by atoms with Crippen LogP contribution in [0.25, 0.3) is 0 Å². The lowest BCUT2D eigenvalue weighted by molar-refractivity contribution is 0.542. The highest BCUT2D eigenvalue weighted by Gasteiger charge is 2.28. The summed E-state index contributed by atoms with van der Waals surface area (Å²) in [6.07, 6.45) is 0. The van der Waals surface area contributed by atoms with Crippen LogP contribution in [0.1, 0.15) is 385 Å². The smallest absolute Gasteiger partial charge is 0.0620 e. The molecule has 6 rings (SSSR count). The van der Waals surface area contributed by atoms with Gasteiger partial charge in [0.2, 0.25) is 0 Å². The van der Waals surface area contributed by atoms with Gasteiger partial charge in [0.05, 0.1) is 27.4 Å². The van der Waals surface area contributed by atoms with Crippen molar-refractivity contribution in [2.75, 3.05) is 0 Å². The Bertz CT molecular complexity index is 5010. The number of hydrogen-bond donors (Lipinski definition) is 0. The molecule has 0 nitrogen and oxygen atoms in total. The van der Waals surface area contributed by atoms with Gasteiger partial charge in [0.1, 0.15) is 0 Å². The van der Waals surface area contributed by atoms with E-state index in [-0.39, 0.29) is 118 Å². The summed E-state index contributed by atoms with van der Waals surface area (Å²) in [5.41, 5.74) is -28.9. The van der Waals surface area contributed by atoms with Gasteiger partial charge in [-0.05, 0) is 168 Å². The average molecular weight is 1180 g/mol. The third-order valence-corrected chi connectivity index (χ3v) is 11.2. The molecule has 0 atom stereocenters. The lowest BCUT2D eigenvalue weighted by Gasteiger charge is -2.32. The molecule has 0 bridgehead atoms. The maximum Gasteiger partial charge on any atom is 0.0629 e. The quantitative estimate of drug-likeness (QED) is 0.142. The van der Waals surface area contributed by atoms with Crippen molar-refractivity contribution >= 4 is 0 Å². The highest BCUT2D eigenvalue weighted by Crippen LogP contribution is 2.38. The van der Waals surface area contributed by atoms with E-state index in [2.05, 4.69) is 41.5 Å². The van der Waals surface area contributed by atoms with Crippen molar-refractivity contribution in [2.45, 2.75) is 302 Å². The van der Waals surface area contributed by atoms with Gasteiger partial charge in [-0.25, -0.2) is 0 Å². The van der Waals surface area contributed by atoms with E-state index >= 15 is 0 Å². The molecule has 456 valence electrons. The number of rotatable bonds is 0. The summed E-state index contributed by atoms with van der Waals surface area (Å²) in [7, 11) is 0. The number of hydrogen-bond acceptors (Lipinski definition) is 0. The summed E-state index contributed by atoms with van der Waals surface area (Å²) >= 11 is 0. The molecule has 0 aliphatic rings. The molecule has 0 amide bonds. The molecule has 0 aliphatic heterocycles. The molecule has 0 heteroatoms. The second kappa shape index (κ2) is 28.5. The second-order valence-electron chi connectivity index (χ2n) is 25.0. The second-order valence-corrected chi connectivity index (χ2v) is 25.0. The fourth-order valence-electron chi connectivity index (χ4n) is 7.16. The molecule has 0 radical (unpaired) electrons. The molecule has 0 saturated heterocycles. The topological polar surface area (TPSA) is 0 Å². The molecule has 0 heterocycles. The largest absolute Gasteiger partial charge is 0.0629 e. The maximum absolute atomic E-state index is 8.95. The van der Waals surface area contributed by atoms with Gasteiger partial charge in [-0.3, -0.25) is 0 Å². The lowest BCUT2D eigenvalue weighted by atomic mass is 9.73. The van der Waals surface area contributed by atoms with E-state index in [9.17, 15) is 0 Å². The van der Waals surface area contributed by atoms with Crippen LogP contribution in [0.3, 0.4) is 0 Å². The van der Waals surface area contributed by atoms with Crippen LogP contribution in [0.2, 0.25) is 0 Å². The minimum absolute atomic E-state index is 0.00185. The minimum Gasteiger partial charge on any atom is -0.0620 e. The van der Waals surface area contributed by atoms with Crippen LogP contribution in [0, 0.1) is 41.5 Å². The number of benzene rings is 6. The van der Waals surface area contributed by atoms with Crippen molar-refractivity contribution in [3.63, 3.8) is 0 Å². The third kappa shape index (κ3) is 25.3. The van der Waals surface area contributed by atoms with Gasteiger partial charge in [0, 0.05) is 61.7 Å². The van der Waals surface area contributed by atoms with E-state index in [4.69, 9.17) is 89.1 Å². The first kappa shape index (κ1) is 22.2. The van der Waals surface area contributed by atoms with Crippen LogP contribution in [0.4, 0.5) is 0 Å². The summed E-state index contributed by atoms with van der Waals surface area (Å²) in [5, 5.41) is 0. The van der Waals surface area contributed by atoms with Crippen molar-refractivity contribution < 1.29 is 89.1 Å². The molecule has 6 aromatic rings. The third-order valence-electron chi connectivity index (χ3n) is 11.2. The van der Waals surface area contributed by atoms with Crippen molar-refractivity contribution in [1.29, 1.82) is 0 Å². The summed E-state index contributed by atoms with van der Waals surface area (Å²) in [6, 6.07) is -7.67. The summed E-state index contributed by atoms with van der Waals surface area (Å²) in [5.74, 6) is 0. The SMILES string of the molecule is [2H]c1c(C(C([2H])([2H])[2H])(C([2H])([2H])[2H])C([2H])([2H])[2H])c([2H])c(C(C([2H])([2H])[2H])(C([2H])([2H])[2H])C([2H])([2H])[2H])c(C)c1C(C([2H])([2H])[2H])(C([2H])([2H])[2H])C([2H])([2H])[2H].[2H]c1c(C)c([2H])c(C(C([2H])([2H])[2H])(C([2H])([2H])[2H])C([2H])([2H])[2H])c([2H])c1C(C([2H])([2H])[2H])(C([2H])([2H])[2H])C([2H])([2H])[2H].[2H]c1c([2H])c(C(C)(C)C)c(C)c(C(C)(C)C)c1[2H].[2H]c1c([2H])c(C(C)(C)C)c([2H])c([2H])c1C.[2H]c1c([2H])c(C)c([2H])c(C(C)(C)C)c1[2H].[2H]c1c([2H])c([2H])c(C(C)(C)C)c(C)c1[2H]. The molecule has 0 spiro atoms. The Kier molecular flexibility index (Phi) is 7.72. The van der Waals surface area contributed by atoms with Gasteiger partial charge < -0.3 is 0 Å². The fourth-order valence-corrected chi connectivity index (χ4v) is 7.16. The summed E-state index contributed by atoms with van der Waals surface area (Å²) < 4.78 is 521. The predicted molar refractivity (Wildman–Crippen MR) is 374 cm³/mol. The van der Waals surface area contributed by atoms with Gasteiger partial charge in [-0.2, -0.15) is 0 Å². The first-order valence-corrected chi connectivity index (χ1v) is 25.8. The average Bonchev–Trinajstić information content (AvgIpc) is 0.655. The monoisotopic (exact) mass is 1180 g/mol. The molecule has 0 saturated carbocycles. The van der Waals surface area contributed by atoms with Crippen molar-refractivity contribution in [3.05, 3.63) is 210 Å². The van der Waals surface area contributed by atoms with Crippen LogP contribution < -0.4 is 0 Å². The molecule has 0 fully saturated rings. The fraction of sp³-hybridized carbons (Fsp3) is 0.561. The molecule has 0 unspecified atom stereocenters. The molecule has 6 aromatic carbocycles. The Morgan fingerprint density at radius 1 is 0.232 bits per heavy atom. The van der Waals surface area contributed by atoms with Crippen LogP contribution in [0.5, 0.6) is 0 Å². The van der Waals surface area contributed by atoms with Crippen LogP contribution >= 0.6 is 0 Å². The Labute approximate surface area is 602 Å². The van der Waals surface area contributed by atoms with E-state index in [0.29, 0.717) is 40.3 Å². The lowest BCUT2D eigenvalue weighted by Crippen LogP contribution is -2.23. The van der Waals surface area contributed by atoms with Gasteiger partial charge in [-0.1, -0.05) is 344 Å². The maximum atomic E-state index is 8.95. The Morgan fingerprint density at radius 2 is 0.561 bits per heavy atom. The Balaban J connectivity index is 0.000000948. The van der Waals surface area contributed by atoms with Gasteiger partial charge in [0.25, 0.3) is 0 Å². The summed E-state index contributed by atoms with van der Waals surface area (Å²) in [4.78, 5) is 0. The first-order valence-electron chi connectivity index (χ1n) is 58.2. The standard InChI is InChI=1S/C19H32.2C15H24.3C11H16/c1-13-15(18(5,6)7)11-14(17(2,3)4)12-16(13)19(8,9)10;1-11-8-12(14(2,3)4)10-13(9-11)15(5,6)7;1-11-12(14(2,3)4)9-8-10-13(11)15(5,6)7;1-9-5-7-10(8-6-9)11(2,3)4;1-9-6-5-7-10(8-9)11(2,3)4;1-9-7-5-6-8-10(9)11(2,3)4/h11-12H,1-10H3;2*8-10H,1-7H3;3*5-8H,1-4H3/i2D3,3D3,4D3,5D3,6D3,7D3,8D3,9D3,10D3,11D,12D;2D3,3D3,4D3,5D3,6D3,7D3,8D,9D,10D;8D,9D,10D;3*5D,6D,7D,8D. The highest BCUT2D eigenvalue weighted by molar-refractivity contribution is 5.47. The van der Waals surface area contributed by atoms with Crippen molar-refractivity contribution in [2.24, 2.45) is 0 Å². The first-order chi connectivity index (χ1) is 63.6. The van der Waals surface area contributed by atoms with Crippen LogP contribution in [-0.2, 0) is 54.1 Å². The van der Waals surface area contributed by atoms with Crippen molar-refractivity contribution in [3.8, 4) is 0 Å². The van der Waals surface area contributed by atoms with E-state index < -0.39 is 199 Å². The van der Waals surface area contributed by atoms with Crippen LogP contribution in [0.15, 0.2) is 121 Å². The molecular formula is C82H128. The molecule has 0 aromatic heterocycles. The van der Waals surface area contributed by atoms with E-state index in [0.717, 1.165) is 23.6 Å². The predicted octanol–water partition coefficient (Wildman–Crippen LogP) is 24.9. The summed E-state index contributed by atoms with van der Waals surface area (Å²) in [6.45, 7) is -26.3. The highest BCUT2D eigenvalue weighted by atomic mass is 14.3. The zero-order chi connectivity index (χ0) is 119. The Morgan fingerprint density at radius 3 is 0.927 bits per heavy atom. The minimum atomic E-state index is -4.63. The van der Waals surface area contributed by atoms with Gasteiger partial charge in [-0.15, -0.1) is 0 Å². The van der Waals surface area contributed by atoms with Gasteiger partial charge in [0.15, 0.2) is 0 Å². The van der Waals surface area contributed by atoms with E-state index in [1.54, 1.807) is 20.8 Å². The van der Waals surface area contributed by atoms with E-state index in [1.807, 2.05) is 69.2 Å². The molecular weight excluding hydrogens is 985 g/mol. The van der Waals surface area contributed by atoms with E-state index in [1.165, 1.54) is 0 Å². The normalized spacial score (nSPS) is 26.5. The Hall–Kier alpha value is -4.68. The molecule has 0 N–H and O–H groups in total. The van der Waals surface area contributed by atoms with Crippen molar-refractivity contribution in [1.82, 2.24) is 0 Å². The molecule has 0 aliphatic carbocycles. The van der Waals surface area contributed by atoms with Gasteiger partial charge >= 0.3 is 0 Å². The zero-order valence-electron chi connectivity index (χ0n) is 116. The zero-order valence-corrected chi connectivity index (χ0v) is 51.5. The van der Waals surface area contributed by atoms with Crippen LogP contribution in [-0.4, -0.2) is 0 Å². The molecule has 82 heavy (non-hydrogen) atoms.